The summed E-state index contributed by atoms with van der Waals surface area (Å²) in [6.07, 6.45) is 8.22. The van der Waals surface area contributed by atoms with Gasteiger partial charge >= 0.3 is 0 Å². The van der Waals surface area contributed by atoms with Gasteiger partial charge in [-0.15, -0.1) is 0 Å². The molecule has 16 heavy (non-hydrogen) atoms. The summed E-state index contributed by atoms with van der Waals surface area (Å²) < 4.78 is 0.499. The monoisotopic (exact) mass is 278 g/mol. The van der Waals surface area contributed by atoms with Crippen LogP contribution in [0.3, 0.4) is 0 Å². The van der Waals surface area contributed by atoms with Crippen LogP contribution in [0.4, 0.5) is 0 Å². The standard InChI is InChI=1S/C15H19Br/c1-12-3-2-4-13(11-12)14-5-8-15(16,9-6-14)10-7-14/h2-4,11H,5-10H2,1H3. The van der Waals surface area contributed by atoms with Crippen molar-refractivity contribution in [1.82, 2.24) is 0 Å². The van der Waals surface area contributed by atoms with E-state index in [0.29, 0.717) is 9.74 Å². The third-order valence-electron chi connectivity index (χ3n) is 4.79. The molecule has 3 aliphatic carbocycles. The lowest BCUT2D eigenvalue weighted by atomic mass is 9.58. The zero-order valence-corrected chi connectivity index (χ0v) is 11.5. The predicted octanol–water partition coefficient (Wildman–Crippen LogP) is 4.73. The van der Waals surface area contributed by atoms with Crippen molar-refractivity contribution >= 4 is 15.9 Å². The molecule has 0 spiro atoms. The van der Waals surface area contributed by atoms with Gasteiger partial charge in [0.15, 0.2) is 0 Å². The first-order valence-electron chi connectivity index (χ1n) is 6.38. The first kappa shape index (κ1) is 10.8. The highest BCUT2D eigenvalue weighted by Crippen LogP contribution is 2.56. The fourth-order valence-corrected chi connectivity index (χ4v) is 4.14. The van der Waals surface area contributed by atoms with E-state index < -0.39 is 0 Å². The molecule has 3 aliphatic rings. The Morgan fingerprint density at radius 1 is 1.00 bits per heavy atom. The normalized spacial score (nSPS) is 37.6. The minimum Gasteiger partial charge on any atom is -0.0853 e. The molecule has 1 aromatic carbocycles. The van der Waals surface area contributed by atoms with Crippen molar-refractivity contribution in [2.45, 2.75) is 55.2 Å². The van der Waals surface area contributed by atoms with Crippen molar-refractivity contribution < 1.29 is 0 Å². The third-order valence-corrected chi connectivity index (χ3v) is 5.97. The van der Waals surface area contributed by atoms with Gasteiger partial charge in [-0.2, -0.15) is 0 Å². The maximum Gasteiger partial charge on any atom is 0.0259 e. The summed E-state index contributed by atoms with van der Waals surface area (Å²) in [7, 11) is 0. The number of aryl methyl sites for hydroxylation is 1. The van der Waals surface area contributed by atoms with Crippen LogP contribution in [0.5, 0.6) is 0 Å². The second-order valence-corrected chi connectivity index (χ2v) is 7.48. The average Bonchev–Trinajstić information content (AvgIpc) is 2.30. The van der Waals surface area contributed by atoms with Gasteiger partial charge in [-0.05, 0) is 56.4 Å². The van der Waals surface area contributed by atoms with E-state index in [-0.39, 0.29) is 0 Å². The molecule has 1 aromatic rings. The predicted molar refractivity (Wildman–Crippen MR) is 72.2 cm³/mol. The van der Waals surface area contributed by atoms with Crippen molar-refractivity contribution in [3.63, 3.8) is 0 Å². The van der Waals surface area contributed by atoms with E-state index >= 15 is 0 Å². The Balaban J connectivity index is 1.95. The molecule has 86 valence electrons. The number of alkyl halides is 1. The number of benzene rings is 1. The summed E-state index contributed by atoms with van der Waals surface area (Å²) in [5, 5.41) is 0. The Labute approximate surface area is 107 Å². The SMILES string of the molecule is Cc1cccc(C23CCC(Br)(CC2)CC3)c1. The zero-order valence-electron chi connectivity index (χ0n) is 9.93. The smallest absolute Gasteiger partial charge is 0.0259 e. The summed E-state index contributed by atoms with van der Waals surface area (Å²) in [5.74, 6) is 0. The van der Waals surface area contributed by atoms with Gasteiger partial charge in [0, 0.05) is 4.32 Å². The second kappa shape index (κ2) is 3.60. The molecule has 3 saturated carbocycles. The molecule has 2 bridgehead atoms. The number of halogens is 1. The van der Waals surface area contributed by atoms with Crippen molar-refractivity contribution in [2.24, 2.45) is 0 Å². The topological polar surface area (TPSA) is 0 Å². The highest BCUT2D eigenvalue weighted by atomic mass is 79.9. The van der Waals surface area contributed by atoms with Gasteiger partial charge in [0.1, 0.15) is 0 Å². The Hall–Kier alpha value is -0.300. The molecule has 1 heteroatoms. The van der Waals surface area contributed by atoms with Gasteiger partial charge in [-0.1, -0.05) is 45.8 Å². The lowest BCUT2D eigenvalue weighted by Gasteiger charge is -2.51. The fourth-order valence-electron chi connectivity index (χ4n) is 3.55. The van der Waals surface area contributed by atoms with Crippen LogP contribution < -0.4 is 0 Å². The Bertz CT molecular complexity index is 383. The van der Waals surface area contributed by atoms with Crippen LogP contribution in [-0.4, -0.2) is 4.32 Å². The molecule has 0 aromatic heterocycles. The van der Waals surface area contributed by atoms with Gasteiger partial charge in [0.25, 0.3) is 0 Å². The highest BCUT2D eigenvalue weighted by molar-refractivity contribution is 9.10. The Morgan fingerprint density at radius 3 is 2.19 bits per heavy atom. The number of hydrogen-bond acceptors (Lipinski definition) is 0. The summed E-state index contributed by atoms with van der Waals surface area (Å²) >= 11 is 3.94. The van der Waals surface area contributed by atoms with Crippen LogP contribution in [0.1, 0.15) is 49.7 Å². The van der Waals surface area contributed by atoms with Crippen LogP contribution in [0.25, 0.3) is 0 Å². The van der Waals surface area contributed by atoms with Crippen LogP contribution in [0.2, 0.25) is 0 Å². The van der Waals surface area contributed by atoms with Crippen LogP contribution in [0.15, 0.2) is 24.3 Å². The van der Waals surface area contributed by atoms with Crippen molar-refractivity contribution in [3.8, 4) is 0 Å². The number of fused-ring (bicyclic) bond motifs is 3. The molecule has 0 heterocycles. The fraction of sp³-hybridized carbons (Fsp3) is 0.600. The maximum absolute atomic E-state index is 3.94. The van der Waals surface area contributed by atoms with Crippen LogP contribution in [-0.2, 0) is 5.41 Å². The molecular formula is C15H19Br. The van der Waals surface area contributed by atoms with E-state index in [1.165, 1.54) is 44.1 Å². The molecule has 0 N–H and O–H groups in total. The Kier molecular flexibility index (Phi) is 2.43. The zero-order chi connectivity index (χ0) is 11.2. The van der Waals surface area contributed by atoms with Crippen LogP contribution >= 0.6 is 15.9 Å². The molecule has 0 aliphatic heterocycles. The maximum atomic E-state index is 3.94. The minimum atomic E-state index is 0.499. The van der Waals surface area contributed by atoms with Gasteiger partial charge in [-0.25, -0.2) is 0 Å². The summed E-state index contributed by atoms with van der Waals surface area (Å²) in [5.41, 5.74) is 3.52. The van der Waals surface area contributed by atoms with E-state index in [2.05, 4.69) is 47.1 Å². The molecule has 0 nitrogen and oxygen atoms in total. The highest BCUT2D eigenvalue weighted by Gasteiger charge is 2.47. The van der Waals surface area contributed by atoms with E-state index in [1.807, 2.05) is 0 Å². The Morgan fingerprint density at radius 2 is 1.62 bits per heavy atom. The van der Waals surface area contributed by atoms with Gasteiger partial charge in [-0.3, -0.25) is 0 Å². The first-order valence-corrected chi connectivity index (χ1v) is 7.17. The largest absolute Gasteiger partial charge is 0.0853 e. The lowest BCUT2D eigenvalue weighted by Crippen LogP contribution is -2.44. The van der Waals surface area contributed by atoms with Gasteiger partial charge < -0.3 is 0 Å². The average molecular weight is 279 g/mol. The number of hydrogen-bond donors (Lipinski definition) is 0. The molecule has 0 radical (unpaired) electrons. The minimum absolute atomic E-state index is 0.499. The third kappa shape index (κ3) is 1.64. The second-order valence-electron chi connectivity index (χ2n) is 5.80. The molecular weight excluding hydrogens is 260 g/mol. The van der Waals surface area contributed by atoms with E-state index in [0.717, 1.165) is 0 Å². The van der Waals surface area contributed by atoms with E-state index in [4.69, 9.17) is 0 Å². The number of rotatable bonds is 1. The molecule has 0 amide bonds. The van der Waals surface area contributed by atoms with Gasteiger partial charge in [0.05, 0.1) is 0 Å². The molecule has 0 saturated heterocycles. The molecule has 3 fully saturated rings. The van der Waals surface area contributed by atoms with E-state index in [9.17, 15) is 0 Å². The summed E-state index contributed by atoms with van der Waals surface area (Å²) in [6, 6.07) is 9.19. The van der Waals surface area contributed by atoms with Crippen molar-refractivity contribution in [1.29, 1.82) is 0 Å². The van der Waals surface area contributed by atoms with Crippen LogP contribution in [0, 0.1) is 6.92 Å². The lowest BCUT2D eigenvalue weighted by molar-refractivity contribution is 0.162. The van der Waals surface area contributed by atoms with Crippen molar-refractivity contribution in [3.05, 3.63) is 35.4 Å². The summed E-state index contributed by atoms with van der Waals surface area (Å²) in [6.45, 7) is 2.21. The quantitative estimate of drug-likeness (QED) is 0.652. The van der Waals surface area contributed by atoms with Gasteiger partial charge in [0.2, 0.25) is 0 Å². The molecule has 0 unspecified atom stereocenters. The van der Waals surface area contributed by atoms with Crippen molar-refractivity contribution in [2.75, 3.05) is 0 Å². The molecule has 0 atom stereocenters. The summed E-state index contributed by atoms with van der Waals surface area (Å²) in [4.78, 5) is 0. The molecule has 4 rings (SSSR count). The van der Waals surface area contributed by atoms with E-state index in [1.54, 1.807) is 5.56 Å². The first-order chi connectivity index (χ1) is 7.62.